The van der Waals surface area contributed by atoms with E-state index >= 15 is 0 Å². The SMILES string of the molecule is CCCNC1CCC(C)(C)CC1OCCOCCCOC. The summed E-state index contributed by atoms with van der Waals surface area (Å²) in [6, 6.07) is 0.506. The molecule has 1 saturated carbocycles. The molecular weight excluding hydrogens is 266 g/mol. The quantitative estimate of drug-likeness (QED) is 0.596. The number of hydrogen-bond donors (Lipinski definition) is 1. The second-order valence-corrected chi connectivity index (χ2v) is 6.84. The van der Waals surface area contributed by atoms with Crippen LogP contribution in [0.5, 0.6) is 0 Å². The Balaban J connectivity index is 2.23. The van der Waals surface area contributed by atoms with E-state index in [9.17, 15) is 0 Å². The van der Waals surface area contributed by atoms with Crippen molar-refractivity contribution in [2.24, 2.45) is 5.41 Å². The van der Waals surface area contributed by atoms with Crippen LogP contribution in [0.3, 0.4) is 0 Å². The zero-order chi connectivity index (χ0) is 15.6. The highest BCUT2D eigenvalue weighted by atomic mass is 16.5. The van der Waals surface area contributed by atoms with Crippen LogP contribution in [0.4, 0.5) is 0 Å². The molecule has 0 aromatic rings. The summed E-state index contributed by atoms with van der Waals surface area (Å²) < 4.78 is 16.7. The van der Waals surface area contributed by atoms with E-state index in [1.165, 1.54) is 19.3 Å². The lowest BCUT2D eigenvalue weighted by Gasteiger charge is -2.41. The molecule has 0 bridgehead atoms. The summed E-state index contributed by atoms with van der Waals surface area (Å²) in [7, 11) is 1.72. The summed E-state index contributed by atoms with van der Waals surface area (Å²) in [5.74, 6) is 0. The summed E-state index contributed by atoms with van der Waals surface area (Å²) in [5.41, 5.74) is 0.397. The van der Waals surface area contributed by atoms with Crippen LogP contribution in [0, 0.1) is 5.41 Å². The molecule has 126 valence electrons. The Morgan fingerprint density at radius 2 is 1.95 bits per heavy atom. The molecule has 0 heterocycles. The highest BCUT2D eigenvalue weighted by Crippen LogP contribution is 2.36. The van der Waals surface area contributed by atoms with Crippen molar-refractivity contribution < 1.29 is 14.2 Å². The predicted molar refractivity (Wildman–Crippen MR) is 86.8 cm³/mol. The fraction of sp³-hybridized carbons (Fsp3) is 1.00. The summed E-state index contributed by atoms with van der Waals surface area (Å²) in [6.07, 6.45) is 6.08. The topological polar surface area (TPSA) is 39.7 Å². The average molecular weight is 301 g/mol. The summed E-state index contributed by atoms with van der Waals surface area (Å²) in [4.78, 5) is 0. The Morgan fingerprint density at radius 3 is 2.67 bits per heavy atom. The maximum Gasteiger partial charge on any atom is 0.0734 e. The zero-order valence-corrected chi connectivity index (χ0v) is 14.5. The predicted octanol–water partition coefficient (Wildman–Crippen LogP) is 3.00. The Labute approximate surface area is 130 Å². The van der Waals surface area contributed by atoms with Crippen molar-refractivity contribution in [2.75, 3.05) is 40.1 Å². The van der Waals surface area contributed by atoms with Gasteiger partial charge in [0.05, 0.1) is 19.3 Å². The smallest absolute Gasteiger partial charge is 0.0734 e. The standard InChI is InChI=1S/C17H35NO3/c1-5-9-18-15-7-8-17(2,3)14-16(15)21-13-12-20-11-6-10-19-4/h15-16,18H,5-14H2,1-4H3. The second-order valence-electron chi connectivity index (χ2n) is 6.84. The van der Waals surface area contributed by atoms with Gasteiger partial charge in [0.1, 0.15) is 0 Å². The lowest BCUT2D eigenvalue weighted by molar-refractivity contribution is -0.0502. The first-order chi connectivity index (χ1) is 10.1. The average Bonchev–Trinajstić information content (AvgIpc) is 2.45. The van der Waals surface area contributed by atoms with Gasteiger partial charge in [-0.2, -0.15) is 0 Å². The molecule has 1 rings (SSSR count). The maximum absolute atomic E-state index is 6.12. The van der Waals surface area contributed by atoms with Gasteiger partial charge in [0.15, 0.2) is 0 Å². The van der Waals surface area contributed by atoms with Crippen LogP contribution < -0.4 is 5.32 Å². The van der Waals surface area contributed by atoms with Crippen molar-refractivity contribution in [3.05, 3.63) is 0 Å². The molecule has 0 saturated heterocycles. The Morgan fingerprint density at radius 1 is 1.14 bits per heavy atom. The van der Waals surface area contributed by atoms with E-state index in [4.69, 9.17) is 14.2 Å². The first-order valence-electron chi connectivity index (χ1n) is 8.50. The minimum Gasteiger partial charge on any atom is -0.385 e. The molecule has 0 radical (unpaired) electrons. The molecule has 4 nitrogen and oxygen atoms in total. The largest absolute Gasteiger partial charge is 0.385 e. The van der Waals surface area contributed by atoms with Gasteiger partial charge in [-0.05, 0) is 44.1 Å². The van der Waals surface area contributed by atoms with Crippen LogP contribution in [0.1, 0.15) is 52.9 Å². The first-order valence-corrected chi connectivity index (χ1v) is 8.50. The van der Waals surface area contributed by atoms with Gasteiger partial charge in [0, 0.05) is 26.4 Å². The maximum atomic E-state index is 6.12. The minimum atomic E-state index is 0.322. The third kappa shape index (κ3) is 8.15. The lowest BCUT2D eigenvalue weighted by Crippen LogP contribution is -2.48. The number of hydrogen-bond acceptors (Lipinski definition) is 4. The van der Waals surface area contributed by atoms with Crippen LogP contribution in [0.2, 0.25) is 0 Å². The van der Waals surface area contributed by atoms with Gasteiger partial charge in [-0.15, -0.1) is 0 Å². The minimum absolute atomic E-state index is 0.322. The van der Waals surface area contributed by atoms with Crippen LogP contribution in [-0.2, 0) is 14.2 Å². The fourth-order valence-corrected chi connectivity index (χ4v) is 2.93. The van der Waals surface area contributed by atoms with Crippen molar-refractivity contribution >= 4 is 0 Å². The van der Waals surface area contributed by atoms with Gasteiger partial charge < -0.3 is 19.5 Å². The van der Waals surface area contributed by atoms with Gasteiger partial charge in [0.2, 0.25) is 0 Å². The number of nitrogens with one attached hydrogen (secondary N) is 1. The van der Waals surface area contributed by atoms with E-state index in [2.05, 4.69) is 26.1 Å². The number of methoxy groups -OCH3 is 1. The van der Waals surface area contributed by atoms with Gasteiger partial charge >= 0.3 is 0 Å². The van der Waals surface area contributed by atoms with Crippen molar-refractivity contribution in [1.82, 2.24) is 5.32 Å². The molecule has 2 unspecified atom stereocenters. The molecule has 0 aliphatic heterocycles. The van der Waals surface area contributed by atoms with E-state index in [1.54, 1.807) is 7.11 Å². The van der Waals surface area contributed by atoms with Crippen molar-refractivity contribution in [3.63, 3.8) is 0 Å². The molecule has 1 aliphatic carbocycles. The Hall–Kier alpha value is -0.160. The van der Waals surface area contributed by atoms with E-state index in [0.29, 0.717) is 30.8 Å². The fourth-order valence-electron chi connectivity index (χ4n) is 2.93. The van der Waals surface area contributed by atoms with Gasteiger partial charge in [0.25, 0.3) is 0 Å². The van der Waals surface area contributed by atoms with E-state index in [1.807, 2.05) is 0 Å². The molecule has 1 aliphatic rings. The van der Waals surface area contributed by atoms with Crippen LogP contribution in [-0.4, -0.2) is 52.2 Å². The highest BCUT2D eigenvalue weighted by molar-refractivity contribution is 4.89. The number of rotatable bonds is 11. The molecule has 2 atom stereocenters. The molecule has 0 amide bonds. The first kappa shape index (κ1) is 18.9. The molecule has 4 heteroatoms. The van der Waals surface area contributed by atoms with Crippen molar-refractivity contribution in [3.8, 4) is 0 Å². The molecule has 0 aromatic carbocycles. The molecule has 21 heavy (non-hydrogen) atoms. The zero-order valence-electron chi connectivity index (χ0n) is 14.5. The van der Waals surface area contributed by atoms with Gasteiger partial charge in [-0.3, -0.25) is 0 Å². The molecule has 0 aromatic heterocycles. The summed E-state index contributed by atoms with van der Waals surface area (Å²) in [5, 5.41) is 3.65. The molecule has 1 N–H and O–H groups in total. The third-order valence-corrected chi connectivity index (χ3v) is 4.19. The van der Waals surface area contributed by atoms with E-state index in [0.717, 1.165) is 32.6 Å². The van der Waals surface area contributed by atoms with Crippen LogP contribution >= 0.6 is 0 Å². The molecule has 1 fully saturated rings. The summed E-state index contributed by atoms with van der Waals surface area (Å²) >= 11 is 0. The molecular formula is C17H35NO3. The Bertz CT molecular complexity index is 258. The van der Waals surface area contributed by atoms with Crippen LogP contribution in [0.15, 0.2) is 0 Å². The number of ether oxygens (including phenoxy) is 3. The van der Waals surface area contributed by atoms with Crippen molar-refractivity contribution in [2.45, 2.75) is 65.0 Å². The molecule has 0 spiro atoms. The van der Waals surface area contributed by atoms with Crippen molar-refractivity contribution in [1.29, 1.82) is 0 Å². The third-order valence-electron chi connectivity index (χ3n) is 4.19. The lowest BCUT2D eigenvalue weighted by atomic mass is 9.74. The van der Waals surface area contributed by atoms with E-state index < -0.39 is 0 Å². The summed E-state index contributed by atoms with van der Waals surface area (Å²) in [6.45, 7) is 10.9. The van der Waals surface area contributed by atoms with Gasteiger partial charge in [-0.1, -0.05) is 20.8 Å². The van der Waals surface area contributed by atoms with Crippen LogP contribution in [0.25, 0.3) is 0 Å². The van der Waals surface area contributed by atoms with Gasteiger partial charge in [-0.25, -0.2) is 0 Å². The normalized spacial score (nSPS) is 25.1. The van der Waals surface area contributed by atoms with E-state index in [-0.39, 0.29) is 0 Å². The monoisotopic (exact) mass is 301 g/mol. The highest BCUT2D eigenvalue weighted by Gasteiger charge is 2.35. The second kappa shape index (κ2) is 10.5. The Kier molecular flexibility index (Phi) is 9.49.